The number of sulfonamides is 1. The van der Waals surface area contributed by atoms with E-state index in [-0.39, 0.29) is 16.3 Å². The van der Waals surface area contributed by atoms with Crippen LogP contribution in [0.15, 0.2) is 41.3 Å². The second-order valence-corrected chi connectivity index (χ2v) is 8.52. The lowest BCUT2D eigenvalue weighted by Gasteiger charge is -2.16. The Morgan fingerprint density at radius 1 is 1.10 bits per heavy atom. The number of rotatable bonds is 7. The van der Waals surface area contributed by atoms with Crippen LogP contribution in [0.1, 0.15) is 12.8 Å². The second kappa shape index (κ2) is 8.71. The van der Waals surface area contributed by atoms with Gasteiger partial charge in [0.25, 0.3) is 5.69 Å². The van der Waals surface area contributed by atoms with Crippen LogP contribution < -0.4 is 10.6 Å². The normalized spacial score (nSPS) is 14.5. The highest BCUT2D eigenvalue weighted by molar-refractivity contribution is 7.89. The molecule has 0 saturated carbocycles. The van der Waals surface area contributed by atoms with Crippen molar-refractivity contribution >= 4 is 33.0 Å². The molecule has 12 heteroatoms. The van der Waals surface area contributed by atoms with Crippen molar-refractivity contribution in [2.75, 3.05) is 30.3 Å². The second-order valence-electron chi connectivity index (χ2n) is 6.58. The van der Waals surface area contributed by atoms with Gasteiger partial charge in [-0.05, 0) is 37.1 Å². The van der Waals surface area contributed by atoms with Gasteiger partial charge in [0.2, 0.25) is 15.9 Å². The van der Waals surface area contributed by atoms with Gasteiger partial charge >= 0.3 is 0 Å². The number of nitrogens with one attached hydrogen (secondary N) is 2. The molecule has 2 N–H and O–H groups in total. The Morgan fingerprint density at radius 2 is 1.80 bits per heavy atom. The molecule has 2 aromatic carbocycles. The van der Waals surface area contributed by atoms with E-state index in [4.69, 9.17) is 0 Å². The van der Waals surface area contributed by atoms with E-state index in [0.29, 0.717) is 13.1 Å². The summed E-state index contributed by atoms with van der Waals surface area (Å²) in [6, 6.07) is 6.21. The fourth-order valence-electron chi connectivity index (χ4n) is 3.00. The fraction of sp³-hybridized carbons (Fsp3) is 0.278. The molecule has 1 saturated heterocycles. The molecular weight excluding hydrogens is 422 g/mol. The van der Waals surface area contributed by atoms with Gasteiger partial charge in [-0.1, -0.05) is 0 Å². The maximum Gasteiger partial charge on any atom is 0.293 e. The van der Waals surface area contributed by atoms with E-state index in [1.807, 2.05) is 0 Å². The summed E-state index contributed by atoms with van der Waals surface area (Å²) in [5, 5.41) is 16.3. The predicted octanol–water partition coefficient (Wildman–Crippen LogP) is 2.71. The van der Waals surface area contributed by atoms with E-state index in [9.17, 15) is 32.1 Å². The van der Waals surface area contributed by atoms with Crippen molar-refractivity contribution in [2.24, 2.45) is 0 Å². The van der Waals surface area contributed by atoms with Crippen LogP contribution in [0.2, 0.25) is 0 Å². The van der Waals surface area contributed by atoms with E-state index >= 15 is 0 Å². The Hall–Kier alpha value is -3.12. The Labute approximate surface area is 170 Å². The smallest absolute Gasteiger partial charge is 0.293 e. The molecule has 0 spiro atoms. The molecule has 30 heavy (non-hydrogen) atoms. The van der Waals surface area contributed by atoms with E-state index in [0.717, 1.165) is 37.1 Å². The standard InChI is InChI=1S/C18H18F2N4O5S/c19-14-5-3-12(9-15(14)20)22-18(25)11-21-16-6-4-13(10-17(16)24(26)27)30(28,29)23-7-1-2-8-23/h3-6,9-10,21H,1-2,7-8,11H2,(H,22,25). The molecule has 0 atom stereocenters. The summed E-state index contributed by atoms with van der Waals surface area (Å²) >= 11 is 0. The molecule has 0 aromatic heterocycles. The molecule has 1 amide bonds. The molecule has 0 bridgehead atoms. The summed E-state index contributed by atoms with van der Waals surface area (Å²) in [7, 11) is -3.84. The number of benzene rings is 2. The summed E-state index contributed by atoms with van der Waals surface area (Å²) < 4.78 is 52.6. The van der Waals surface area contributed by atoms with Gasteiger partial charge in [0.05, 0.1) is 16.4 Å². The molecule has 1 heterocycles. The van der Waals surface area contributed by atoms with Crippen LogP contribution >= 0.6 is 0 Å². The van der Waals surface area contributed by atoms with Crippen molar-refractivity contribution in [2.45, 2.75) is 17.7 Å². The van der Waals surface area contributed by atoms with Crippen LogP contribution in [0.3, 0.4) is 0 Å². The van der Waals surface area contributed by atoms with Crippen LogP contribution in [0.4, 0.5) is 25.8 Å². The lowest BCUT2D eigenvalue weighted by Crippen LogP contribution is -2.28. The average molecular weight is 440 g/mol. The number of carbonyl (C=O) groups is 1. The van der Waals surface area contributed by atoms with Crippen molar-refractivity contribution in [3.8, 4) is 0 Å². The number of hydrogen-bond donors (Lipinski definition) is 2. The zero-order valence-corrected chi connectivity index (χ0v) is 16.4. The molecule has 0 radical (unpaired) electrons. The molecular formula is C18H18F2N4O5S. The first kappa shape index (κ1) is 21.6. The number of anilines is 2. The topological polar surface area (TPSA) is 122 Å². The summed E-state index contributed by atoms with van der Waals surface area (Å²) in [6.07, 6.45) is 1.46. The highest BCUT2D eigenvalue weighted by Crippen LogP contribution is 2.30. The number of amides is 1. The van der Waals surface area contributed by atoms with E-state index < -0.39 is 44.7 Å². The zero-order valence-electron chi connectivity index (χ0n) is 15.6. The van der Waals surface area contributed by atoms with Gasteiger partial charge in [0.1, 0.15) is 5.69 Å². The van der Waals surface area contributed by atoms with Crippen LogP contribution in [0.25, 0.3) is 0 Å². The van der Waals surface area contributed by atoms with Crippen LogP contribution in [0.5, 0.6) is 0 Å². The lowest BCUT2D eigenvalue weighted by molar-refractivity contribution is -0.384. The number of nitro benzene ring substituents is 1. The first-order chi connectivity index (χ1) is 14.2. The van der Waals surface area contributed by atoms with Crippen LogP contribution in [0, 0.1) is 21.7 Å². The molecule has 0 unspecified atom stereocenters. The van der Waals surface area contributed by atoms with Gasteiger partial charge in [0.15, 0.2) is 11.6 Å². The largest absolute Gasteiger partial charge is 0.371 e. The Balaban J connectivity index is 1.73. The highest BCUT2D eigenvalue weighted by Gasteiger charge is 2.29. The number of nitrogens with zero attached hydrogens (tertiary/aromatic N) is 2. The number of carbonyl (C=O) groups excluding carboxylic acids is 1. The zero-order chi connectivity index (χ0) is 21.9. The van der Waals surface area contributed by atoms with Crippen molar-refractivity contribution in [3.05, 3.63) is 58.1 Å². The Morgan fingerprint density at radius 3 is 2.43 bits per heavy atom. The number of nitro groups is 1. The minimum atomic E-state index is -3.84. The molecule has 1 aliphatic rings. The third kappa shape index (κ3) is 4.71. The van der Waals surface area contributed by atoms with Crippen LogP contribution in [-0.4, -0.2) is 43.2 Å². The summed E-state index contributed by atoms with van der Waals surface area (Å²) in [6.45, 7) is 0.304. The quantitative estimate of drug-likeness (QED) is 0.504. The van der Waals surface area contributed by atoms with Gasteiger partial charge in [-0.25, -0.2) is 17.2 Å². The molecule has 1 aliphatic heterocycles. The SMILES string of the molecule is O=C(CNc1ccc(S(=O)(=O)N2CCCC2)cc1[N+](=O)[O-])Nc1ccc(F)c(F)c1. The van der Waals surface area contributed by atoms with Gasteiger partial charge in [-0.15, -0.1) is 0 Å². The number of halogens is 2. The van der Waals surface area contributed by atoms with Crippen molar-refractivity contribution in [1.29, 1.82) is 0 Å². The summed E-state index contributed by atoms with van der Waals surface area (Å²) in [4.78, 5) is 22.5. The van der Waals surface area contributed by atoms with Crippen molar-refractivity contribution in [1.82, 2.24) is 4.31 Å². The minimum Gasteiger partial charge on any atom is -0.371 e. The highest BCUT2D eigenvalue weighted by atomic mass is 32.2. The molecule has 3 rings (SSSR count). The summed E-state index contributed by atoms with van der Waals surface area (Å²) in [5.74, 6) is -2.86. The molecule has 2 aromatic rings. The molecule has 9 nitrogen and oxygen atoms in total. The van der Waals surface area contributed by atoms with Crippen molar-refractivity contribution in [3.63, 3.8) is 0 Å². The van der Waals surface area contributed by atoms with E-state index in [1.165, 1.54) is 16.4 Å². The Bertz CT molecular complexity index is 1090. The third-order valence-corrected chi connectivity index (χ3v) is 6.41. The lowest BCUT2D eigenvalue weighted by atomic mass is 10.2. The Kier molecular flexibility index (Phi) is 6.27. The minimum absolute atomic E-state index is 0.0160. The van der Waals surface area contributed by atoms with E-state index in [2.05, 4.69) is 10.6 Å². The molecule has 1 fully saturated rings. The molecule has 160 valence electrons. The number of hydrogen-bond acceptors (Lipinski definition) is 6. The summed E-state index contributed by atoms with van der Waals surface area (Å²) in [5.41, 5.74) is -0.543. The van der Waals surface area contributed by atoms with Crippen LogP contribution in [-0.2, 0) is 14.8 Å². The fourth-order valence-corrected chi connectivity index (χ4v) is 4.54. The van der Waals surface area contributed by atoms with Gasteiger partial charge in [0, 0.05) is 30.9 Å². The first-order valence-electron chi connectivity index (χ1n) is 8.96. The monoisotopic (exact) mass is 440 g/mol. The maximum atomic E-state index is 13.2. The van der Waals surface area contributed by atoms with Gasteiger partial charge in [-0.3, -0.25) is 14.9 Å². The first-order valence-corrected chi connectivity index (χ1v) is 10.4. The van der Waals surface area contributed by atoms with Gasteiger partial charge in [-0.2, -0.15) is 4.31 Å². The molecule has 0 aliphatic carbocycles. The van der Waals surface area contributed by atoms with Crippen molar-refractivity contribution < 1.29 is 26.9 Å². The van der Waals surface area contributed by atoms with Gasteiger partial charge < -0.3 is 10.6 Å². The maximum absolute atomic E-state index is 13.2. The average Bonchev–Trinajstić information content (AvgIpc) is 3.25. The third-order valence-electron chi connectivity index (χ3n) is 4.51. The predicted molar refractivity (Wildman–Crippen MR) is 105 cm³/mol. The van der Waals surface area contributed by atoms with E-state index in [1.54, 1.807) is 0 Å².